The molecule has 1 unspecified atom stereocenters. The van der Waals surface area contributed by atoms with Crippen LogP contribution in [0.25, 0.3) is 0 Å². The van der Waals surface area contributed by atoms with Crippen LogP contribution in [-0.2, 0) is 21.7 Å². The van der Waals surface area contributed by atoms with E-state index in [1.54, 1.807) is 49.4 Å². The standard InChI is InChI=1S/C17H20N4O4/c1-17(15(18)23,12-6-3-2-4-7-12)20-11-14(22)21-16(24)19-10-13-8-5-9-25-13/h2-9,20H,10-11H2,1H3,(H2,18,23)(H2,19,21,22,24). The van der Waals surface area contributed by atoms with Gasteiger partial charge in [0.25, 0.3) is 0 Å². The Morgan fingerprint density at radius 2 is 1.84 bits per heavy atom. The molecule has 1 aromatic heterocycles. The van der Waals surface area contributed by atoms with E-state index in [4.69, 9.17) is 10.2 Å². The van der Waals surface area contributed by atoms with Gasteiger partial charge in [0.05, 0.1) is 19.4 Å². The number of imide groups is 1. The second-order valence-corrected chi connectivity index (χ2v) is 5.52. The van der Waals surface area contributed by atoms with Crippen molar-refractivity contribution in [2.75, 3.05) is 6.54 Å². The van der Waals surface area contributed by atoms with Gasteiger partial charge in [-0.05, 0) is 24.6 Å². The van der Waals surface area contributed by atoms with Gasteiger partial charge in [-0.3, -0.25) is 20.2 Å². The molecule has 0 bridgehead atoms. The molecule has 0 aliphatic heterocycles. The summed E-state index contributed by atoms with van der Waals surface area (Å²) >= 11 is 0. The fraction of sp³-hybridized carbons (Fsp3) is 0.235. The van der Waals surface area contributed by atoms with Gasteiger partial charge in [0, 0.05) is 0 Å². The molecular weight excluding hydrogens is 324 g/mol. The van der Waals surface area contributed by atoms with Crippen LogP contribution in [-0.4, -0.2) is 24.4 Å². The Morgan fingerprint density at radius 3 is 2.44 bits per heavy atom. The Kier molecular flexibility index (Phi) is 5.91. The zero-order valence-corrected chi connectivity index (χ0v) is 13.7. The van der Waals surface area contributed by atoms with E-state index in [0.29, 0.717) is 11.3 Å². The van der Waals surface area contributed by atoms with Crippen LogP contribution in [0.3, 0.4) is 0 Å². The maximum Gasteiger partial charge on any atom is 0.321 e. The van der Waals surface area contributed by atoms with Crippen molar-refractivity contribution in [2.24, 2.45) is 5.73 Å². The van der Waals surface area contributed by atoms with Gasteiger partial charge in [-0.2, -0.15) is 0 Å². The second kappa shape index (κ2) is 8.11. The van der Waals surface area contributed by atoms with Crippen LogP contribution < -0.4 is 21.7 Å². The lowest BCUT2D eigenvalue weighted by Gasteiger charge is -2.27. The Bertz CT molecular complexity index is 730. The van der Waals surface area contributed by atoms with Crippen LogP contribution in [0.1, 0.15) is 18.2 Å². The molecule has 2 rings (SSSR count). The minimum atomic E-state index is -1.23. The highest BCUT2D eigenvalue weighted by Gasteiger charge is 2.33. The van der Waals surface area contributed by atoms with Gasteiger partial charge in [0.15, 0.2) is 0 Å². The zero-order valence-electron chi connectivity index (χ0n) is 13.7. The van der Waals surface area contributed by atoms with E-state index >= 15 is 0 Å². The maximum atomic E-state index is 11.9. The predicted octanol–water partition coefficient (Wildman–Crippen LogP) is 0.596. The highest BCUT2D eigenvalue weighted by atomic mass is 16.3. The fourth-order valence-electron chi connectivity index (χ4n) is 2.16. The van der Waals surface area contributed by atoms with Gasteiger partial charge >= 0.3 is 6.03 Å². The van der Waals surface area contributed by atoms with Crippen LogP contribution in [0.5, 0.6) is 0 Å². The topological polar surface area (TPSA) is 126 Å². The average Bonchev–Trinajstić information content (AvgIpc) is 3.12. The highest BCUT2D eigenvalue weighted by Crippen LogP contribution is 2.19. The van der Waals surface area contributed by atoms with Crippen LogP contribution in [0.15, 0.2) is 53.1 Å². The molecule has 132 valence electrons. The lowest BCUT2D eigenvalue weighted by Crippen LogP contribution is -2.54. The number of hydrogen-bond donors (Lipinski definition) is 4. The summed E-state index contributed by atoms with van der Waals surface area (Å²) in [5, 5.41) is 7.45. The van der Waals surface area contributed by atoms with Gasteiger partial charge in [-0.25, -0.2) is 4.79 Å². The summed E-state index contributed by atoms with van der Waals surface area (Å²) in [5.41, 5.74) is 4.86. The highest BCUT2D eigenvalue weighted by molar-refractivity contribution is 5.95. The number of primary amides is 1. The number of amides is 4. The van der Waals surface area contributed by atoms with Crippen molar-refractivity contribution in [1.29, 1.82) is 0 Å². The first-order chi connectivity index (χ1) is 11.9. The molecule has 0 aliphatic carbocycles. The second-order valence-electron chi connectivity index (χ2n) is 5.52. The third kappa shape index (κ3) is 4.92. The van der Waals surface area contributed by atoms with Crippen LogP contribution in [0, 0.1) is 0 Å². The summed E-state index contributed by atoms with van der Waals surface area (Å²) in [6.45, 7) is 1.47. The Labute approximate surface area is 144 Å². The van der Waals surface area contributed by atoms with E-state index in [0.717, 1.165) is 0 Å². The van der Waals surface area contributed by atoms with E-state index in [-0.39, 0.29) is 13.1 Å². The first-order valence-corrected chi connectivity index (χ1v) is 7.62. The molecule has 0 saturated carbocycles. The number of benzene rings is 1. The molecule has 8 nitrogen and oxygen atoms in total. The van der Waals surface area contributed by atoms with E-state index in [1.165, 1.54) is 6.26 Å². The Balaban J connectivity index is 1.86. The summed E-state index contributed by atoms with van der Waals surface area (Å²) in [5.74, 6) is -0.666. The molecule has 0 aliphatic rings. The molecule has 25 heavy (non-hydrogen) atoms. The lowest BCUT2D eigenvalue weighted by molar-refractivity contribution is -0.125. The van der Waals surface area contributed by atoms with E-state index in [9.17, 15) is 14.4 Å². The normalized spacial score (nSPS) is 12.8. The average molecular weight is 344 g/mol. The van der Waals surface area contributed by atoms with Crippen molar-refractivity contribution >= 4 is 17.8 Å². The van der Waals surface area contributed by atoms with Gasteiger partial charge in [0.1, 0.15) is 11.3 Å². The monoisotopic (exact) mass is 344 g/mol. The van der Waals surface area contributed by atoms with E-state index in [1.807, 2.05) is 0 Å². The minimum absolute atomic E-state index is 0.155. The predicted molar refractivity (Wildman–Crippen MR) is 90.1 cm³/mol. The zero-order chi connectivity index (χ0) is 18.3. The molecule has 0 saturated heterocycles. The Morgan fingerprint density at radius 1 is 1.12 bits per heavy atom. The summed E-state index contributed by atoms with van der Waals surface area (Å²) < 4.78 is 5.07. The number of nitrogens with two attached hydrogens (primary N) is 1. The fourth-order valence-corrected chi connectivity index (χ4v) is 2.16. The SMILES string of the molecule is CC(NCC(=O)NC(=O)NCc1ccco1)(C(N)=O)c1ccccc1. The van der Waals surface area contributed by atoms with E-state index in [2.05, 4.69) is 16.0 Å². The van der Waals surface area contributed by atoms with Crippen LogP contribution in [0.4, 0.5) is 4.79 Å². The first kappa shape index (κ1) is 18.2. The Hall–Kier alpha value is -3.13. The van der Waals surface area contributed by atoms with Crippen LogP contribution in [0.2, 0.25) is 0 Å². The number of carbonyl (C=O) groups excluding carboxylic acids is 3. The van der Waals surface area contributed by atoms with Gasteiger partial charge in [-0.15, -0.1) is 0 Å². The number of rotatable bonds is 7. The van der Waals surface area contributed by atoms with Gasteiger partial charge in [-0.1, -0.05) is 30.3 Å². The molecule has 5 N–H and O–H groups in total. The summed E-state index contributed by atoms with van der Waals surface area (Å²) in [6.07, 6.45) is 1.48. The number of carbonyl (C=O) groups is 3. The van der Waals surface area contributed by atoms with Crippen molar-refractivity contribution in [3.05, 3.63) is 60.1 Å². The van der Waals surface area contributed by atoms with Gasteiger partial charge < -0.3 is 15.5 Å². The molecule has 0 radical (unpaired) electrons. The third-order valence-electron chi connectivity index (χ3n) is 3.70. The van der Waals surface area contributed by atoms with Crippen molar-refractivity contribution in [3.63, 3.8) is 0 Å². The van der Waals surface area contributed by atoms with Crippen molar-refractivity contribution < 1.29 is 18.8 Å². The number of furan rings is 1. The third-order valence-corrected chi connectivity index (χ3v) is 3.70. The minimum Gasteiger partial charge on any atom is -0.467 e. The quantitative estimate of drug-likeness (QED) is 0.585. The molecule has 0 fully saturated rings. The molecule has 1 heterocycles. The number of urea groups is 1. The summed E-state index contributed by atoms with van der Waals surface area (Å²) in [6, 6.07) is 11.5. The molecule has 2 aromatic rings. The molecule has 1 aromatic carbocycles. The maximum absolute atomic E-state index is 11.9. The molecular formula is C17H20N4O4. The smallest absolute Gasteiger partial charge is 0.321 e. The first-order valence-electron chi connectivity index (χ1n) is 7.62. The van der Waals surface area contributed by atoms with Gasteiger partial charge in [0.2, 0.25) is 11.8 Å². The van der Waals surface area contributed by atoms with Crippen molar-refractivity contribution in [3.8, 4) is 0 Å². The molecule has 4 amide bonds. The van der Waals surface area contributed by atoms with Crippen molar-refractivity contribution in [1.82, 2.24) is 16.0 Å². The summed E-state index contributed by atoms with van der Waals surface area (Å²) in [7, 11) is 0. The number of hydrogen-bond acceptors (Lipinski definition) is 5. The van der Waals surface area contributed by atoms with E-state index < -0.39 is 23.4 Å². The molecule has 1 atom stereocenters. The summed E-state index contributed by atoms with van der Waals surface area (Å²) in [4.78, 5) is 35.4. The lowest BCUT2D eigenvalue weighted by atomic mass is 9.91. The molecule has 0 spiro atoms. The number of nitrogens with one attached hydrogen (secondary N) is 3. The van der Waals surface area contributed by atoms with Crippen molar-refractivity contribution in [2.45, 2.75) is 19.0 Å². The van der Waals surface area contributed by atoms with Crippen LogP contribution >= 0.6 is 0 Å². The largest absolute Gasteiger partial charge is 0.467 e. The molecule has 8 heteroatoms.